The number of carbonyl (C=O) groups excluding carboxylic acids is 1. The van der Waals surface area contributed by atoms with Crippen LogP contribution in [-0.2, 0) is 4.74 Å². The van der Waals surface area contributed by atoms with Crippen LogP contribution in [0.1, 0.15) is 40.7 Å². The van der Waals surface area contributed by atoms with Gasteiger partial charge in [0.2, 0.25) is 0 Å². The van der Waals surface area contributed by atoms with E-state index in [-0.39, 0.29) is 24.7 Å². The van der Waals surface area contributed by atoms with E-state index in [1.807, 2.05) is 19.1 Å². The van der Waals surface area contributed by atoms with Gasteiger partial charge in [0, 0.05) is 30.7 Å². The molecule has 1 aliphatic carbocycles. The van der Waals surface area contributed by atoms with Crippen molar-refractivity contribution in [2.45, 2.75) is 38.3 Å². The minimum atomic E-state index is -0.0486. The standard InChI is InChI=1S/C17H21NO3/c1-12-9-14(7-6-13(12)5-3-4-8-19)17(20)18-15-10-16(11-15)21-2/h6-7,9,15-16,19H,4,8,10-11H2,1-2H3,(H,18,20). The second-order valence-electron chi connectivity index (χ2n) is 5.30. The van der Waals surface area contributed by atoms with Crippen LogP contribution in [0.2, 0.25) is 0 Å². The number of benzene rings is 1. The van der Waals surface area contributed by atoms with Crippen LogP contribution in [0, 0.1) is 18.8 Å². The molecule has 112 valence electrons. The Balaban J connectivity index is 1.96. The summed E-state index contributed by atoms with van der Waals surface area (Å²) >= 11 is 0. The van der Waals surface area contributed by atoms with E-state index in [0.29, 0.717) is 12.0 Å². The topological polar surface area (TPSA) is 58.6 Å². The molecule has 1 amide bonds. The molecular formula is C17H21NO3. The third-order valence-electron chi connectivity index (χ3n) is 3.71. The van der Waals surface area contributed by atoms with Crippen molar-refractivity contribution in [3.05, 3.63) is 34.9 Å². The number of hydrogen-bond acceptors (Lipinski definition) is 3. The molecule has 0 atom stereocenters. The molecular weight excluding hydrogens is 266 g/mol. The van der Waals surface area contributed by atoms with Gasteiger partial charge in [-0.15, -0.1) is 0 Å². The maximum Gasteiger partial charge on any atom is 0.251 e. The summed E-state index contributed by atoms with van der Waals surface area (Å²) in [4.78, 5) is 12.1. The van der Waals surface area contributed by atoms with Gasteiger partial charge in [0.05, 0.1) is 12.7 Å². The third kappa shape index (κ3) is 4.07. The molecule has 4 heteroatoms. The first-order valence-corrected chi connectivity index (χ1v) is 7.18. The summed E-state index contributed by atoms with van der Waals surface area (Å²) in [6.07, 6.45) is 2.50. The van der Waals surface area contributed by atoms with Gasteiger partial charge in [0.1, 0.15) is 0 Å². The lowest BCUT2D eigenvalue weighted by molar-refractivity contribution is 0.0176. The minimum Gasteiger partial charge on any atom is -0.395 e. The van der Waals surface area contributed by atoms with Gasteiger partial charge in [-0.2, -0.15) is 0 Å². The summed E-state index contributed by atoms with van der Waals surface area (Å²) in [5.74, 6) is 5.84. The van der Waals surface area contributed by atoms with Crippen LogP contribution in [0.15, 0.2) is 18.2 Å². The maximum atomic E-state index is 12.1. The Morgan fingerprint density at radius 3 is 2.86 bits per heavy atom. The maximum absolute atomic E-state index is 12.1. The van der Waals surface area contributed by atoms with Crippen molar-refractivity contribution in [1.82, 2.24) is 5.32 Å². The number of aliphatic hydroxyl groups is 1. The molecule has 0 heterocycles. The number of methoxy groups -OCH3 is 1. The van der Waals surface area contributed by atoms with E-state index in [2.05, 4.69) is 17.2 Å². The second kappa shape index (κ2) is 7.26. The highest BCUT2D eigenvalue weighted by atomic mass is 16.5. The molecule has 0 saturated heterocycles. The molecule has 1 saturated carbocycles. The van der Waals surface area contributed by atoms with Gasteiger partial charge in [-0.25, -0.2) is 0 Å². The van der Waals surface area contributed by atoms with Crippen LogP contribution in [0.4, 0.5) is 0 Å². The van der Waals surface area contributed by atoms with E-state index >= 15 is 0 Å². The fourth-order valence-electron chi connectivity index (χ4n) is 2.30. The molecule has 1 aliphatic rings. The number of carbonyl (C=O) groups is 1. The molecule has 0 bridgehead atoms. The number of aliphatic hydroxyl groups excluding tert-OH is 1. The third-order valence-corrected chi connectivity index (χ3v) is 3.71. The predicted molar refractivity (Wildman–Crippen MR) is 81.0 cm³/mol. The second-order valence-corrected chi connectivity index (χ2v) is 5.30. The van der Waals surface area contributed by atoms with Crippen molar-refractivity contribution in [2.75, 3.05) is 13.7 Å². The van der Waals surface area contributed by atoms with Gasteiger partial charge in [0.25, 0.3) is 5.91 Å². The normalized spacial score (nSPS) is 20.1. The minimum absolute atomic E-state index is 0.0486. The molecule has 0 spiro atoms. The summed E-state index contributed by atoms with van der Waals surface area (Å²) in [6, 6.07) is 5.71. The van der Waals surface area contributed by atoms with Crippen molar-refractivity contribution in [3.8, 4) is 11.8 Å². The largest absolute Gasteiger partial charge is 0.395 e. The lowest BCUT2D eigenvalue weighted by atomic mass is 9.89. The van der Waals surface area contributed by atoms with Crippen LogP contribution in [0.25, 0.3) is 0 Å². The van der Waals surface area contributed by atoms with Crippen molar-refractivity contribution >= 4 is 5.91 Å². The summed E-state index contributed by atoms with van der Waals surface area (Å²) in [5.41, 5.74) is 2.51. The molecule has 1 aromatic carbocycles. The number of rotatable bonds is 4. The SMILES string of the molecule is COC1CC(NC(=O)c2ccc(C#CCCO)c(C)c2)C1. The van der Waals surface area contributed by atoms with Crippen molar-refractivity contribution in [2.24, 2.45) is 0 Å². The molecule has 2 rings (SSSR count). The highest BCUT2D eigenvalue weighted by molar-refractivity contribution is 5.94. The first-order valence-electron chi connectivity index (χ1n) is 7.18. The Hall–Kier alpha value is -1.83. The Labute approximate surface area is 125 Å². The lowest BCUT2D eigenvalue weighted by Crippen LogP contribution is -2.47. The summed E-state index contributed by atoms with van der Waals surface area (Å²) in [7, 11) is 1.70. The Morgan fingerprint density at radius 2 is 2.24 bits per heavy atom. The average Bonchev–Trinajstić information content (AvgIpc) is 2.44. The monoisotopic (exact) mass is 287 g/mol. The molecule has 0 radical (unpaired) electrons. The fourth-order valence-corrected chi connectivity index (χ4v) is 2.30. The van der Waals surface area contributed by atoms with Crippen LogP contribution in [0.5, 0.6) is 0 Å². The summed E-state index contributed by atoms with van der Waals surface area (Å²) < 4.78 is 5.20. The van der Waals surface area contributed by atoms with E-state index < -0.39 is 0 Å². The van der Waals surface area contributed by atoms with Gasteiger partial charge in [-0.05, 0) is 43.5 Å². The van der Waals surface area contributed by atoms with Crippen LogP contribution >= 0.6 is 0 Å². The first kappa shape index (κ1) is 15.6. The van der Waals surface area contributed by atoms with Gasteiger partial charge in [0.15, 0.2) is 0 Å². The molecule has 2 N–H and O–H groups in total. The molecule has 1 aromatic rings. The van der Waals surface area contributed by atoms with E-state index in [4.69, 9.17) is 9.84 Å². The van der Waals surface area contributed by atoms with Crippen LogP contribution < -0.4 is 5.32 Å². The van der Waals surface area contributed by atoms with Gasteiger partial charge in [-0.3, -0.25) is 4.79 Å². The number of aryl methyl sites for hydroxylation is 1. The number of amides is 1. The lowest BCUT2D eigenvalue weighted by Gasteiger charge is -2.34. The Morgan fingerprint density at radius 1 is 1.48 bits per heavy atom. The molecule has 0 unspecified atom stereocenters. The zero-order valence-corrected chi connectivity index (χ0v) is 12.5. The molecule has 1 fully saturated rings. The van der Waals surface area contributed by atoms with Crippen LogP contribution in [-0.4, -0.2) is 36.9 Å². The number of ether oxygens (including phenoxy) is 1. The van der Waals surface area contributed by atoms with Gasteiger partial charge >= 0.3 is 0 Å². The smallest absolute Gasteiger partial charge is 0.251 e. The average molecular weight is 287 g/mol. The zero-order valence-electron chi connectivity index (χ0n) is 12.5. The summed E-state index contributed by atoms with van der Waals surface area (Å²) in [6.45, 7) is 2.00. The van der Waals surface area contributed by atoms with Crippen LogP contribution in [0.3, 0.4) is 0 Å². The molecule has 4 nitrogen and oxygen atoms in total. The number of nitrogens with one attached hydrogen (secondary N) is 1. The van der Waals surface area contributed by atoms with Crippen molar-refractivity contribution < 1.29 is 14.6 Å². The Kier molecular flexibility index (Phi) is 5.38. The molecule has 0 aromatic heterocycles. The highest BCUT2D eigenvalue weighted by Crippen LogP contribution is 2.23. The summed E-state index contributed by atoms with van der Waals surface area (Å²) in [5, 5.41) is 11.7. The van der Waals surface area contributed by atoms with E-state index in [1.54, 1.807) is 13.2 Å². The number of hydrogen-bond donors (Lipinski definition) is 2. The van der Waals surface area contributed by atoms with Gasteiger partial charge in [-0.1, -0.05) is 11.8 Å². The highest BCUT2D eigenvalue weighted by Gasteiger charge is 2.30. The van der Waals surface area contributed by atoms with E-state index in [0.717, 1.165) is 24.0 Å². The predicted octanol–water partition coefficient (Wildman–Crippen LogP) is 1.64. The van der Waals surface area contributed by atoms with Crippen molar-refractivity contribution in [1.29, 1.82) is 0 Å². The van der Waals surface area contributed by atoms with E-state index in [1.165, 1.54) is 0 Å². The fraction of sp³-hybridized carbons (Fsp3) is 0.471. The molecule has 0 aliphatic heterocycles. The van der Waals surface area contributed by atoms with E-state index in [9.17, 15) is 4.79 Å². The van der Waals surface area contributed by atoms with Gasteiger partial charge < -0.3 is 15.2 Å². The van der Waals surface area contributed by atoms with Crippen molar-refractivity contribution in [3.63, 3.8) is 0 Å². The zero-order chi connectivity index (χ0) is 15.2. The first-order chi connectivity index (χ1) is 10.1. The quantitative estimate of drug-likeness (QED) is 0.828. The molecule has 21 heavy (non-hydrogen) atoms. The Bertz CT molecular complexity index is 565.